The molecule has 2 aromatic carbocycles. The van der Waals surface area contributed by atoms with E-state index in [-0.39, 0.29) is 18.5 Å². The van der Waals surface area contributed by atoms with Crippen LogP contribution in [0.2, 0.25) is 5.02 Å². The Morgan fingerprint density at radius 3 is 2.33 bits per heavy atom. The maximum atomic E-state index is 12.4. The van der Waals surface area contributed by atoms with Crippen molar-refractivity contribution in [1.29, 1.82) is 0 Å². The molecule has 5 heteroatoms. The number of urea groups is 1. The normalized spacial score (nSPS) is 18.0. The first-order valence-electron chi connectivity index (χ1n) is 6.56. The van der Waals surface area contributed by atoms with E-state index in [1.807, 2.05) is 30.3 Å². The van der Waals surface area contributed by atoms with Crippen molar-refractivity contribution in [3.63, 3.8) is 0 Å². The Balaban J connectivity index is 1.79. The van der Waals surface area contributed by atoms with Crippen LogP contribution in [-0.2, 0) is 11.3 Å². The molecule has 0 bridgehead atoms. The highest BCUT2D eigenvalue weighted by atomic mass is 35.5. The summed E-state index contributed by atoms with van der Waals surface area (Å²) < 4.78 is 0. The molecule has 0 aliphatic carbocycles. The molecule has 0 saturated carbocycles. The van der Waals surface area contributed by atoms with E-state index in [9.17, 15) is 9.59 Å². The third-order valence-electron chi connectivity index (χ3n) is 3.41. The van der Waals surface area contributed by atoms with Gasteiger partial charge in [0.15, 0.2) is 0 Å². The van der Waals surface area contributed by atoms with Crippen LogP contribution in [0.3, 0.4) is 0 Å². The van der Waals surface area contributed by atoms with Gasteiger partial charge >= 0.3 is 6.03 Å². The lowest BCUT2D eigenvalue weighted by molar-refractivity contribution is -0.128. The molecule has 1 aliphatic heterocycles. The Bertz CT molecular complexity index is 670. The zero-order chi connectivity index (χ0) is 14.8. The van der Waals surface area contributed by atoms with Gasteiger partial charge in [-0.2, -0.15) is 0 Å². The molecular weight excluding hydrogens is 288 g/mol. The molecule has 21 heavy (non-hydrogen) atoms. The van der Waals surface area contributed by atoms with Crippen LogP contribution >= 0.6 is 11.6 Å². The van der Waals surface area contributed by atoms with Gasteiger partial charge in [0.1, 0.15) is 6.04 Å². The van der Waals surface area contributed by atoms with Gasteiger partial charge in [-0.1, -0.05) is 54.1 Å². The first-order chi connectivity index (χ1) is 10.1. The molecule has 1 atom stereocenters. The zero-order valence-electron chi connectivity index (χ0n) is 11.1. The number of rotatable bonds is 3. The van der Waals surface area contributed by atoms with Crippen molar-refractivity contribution >= 4 is 23.5 Å². The Morgan fingerprint density at radius 2 is 1.67 bits per heavy atom. The summed E-state index contributed by atoms with van der Waals surface area (Å²) in [6.07, 6.45) is 0. The quantitative estimate of drug-likeness (QED) is 0.885. The van der Waals surface area contributed by atoms with E-state index in [2.05, 4.69) is 5.32 Å². The number of carbonyl (C=O) groups excluding carboxylic acids is 2. The second kappa shape index (κ2) is 5.58. The van der Waals surface area contributed by atoms with Gasteiger partial charge in [-0.3, -0.25) is 9.69 Å². The van der Waals surface area contributed by atoms with Crippen molar-refractivity contribution in [3.05, 3.63) is 70.7 Å². The van der Waals surface area contributed by atoms with E-state index in [0.717, 1.165) is 11.1 Å². The molecule has 1 saturated heterocycles. The SMILES string of the molecule is O=C1NC(c2ccccc2)C(=O)N1Cc1ccc(Cl)cc1. The predicted molar refractivity (Wildman–Crippen MR) is 79.7 cm³/mol. The summed E-state index contributed by atoms with van der Waals surface area (Å²) in [5, 5.41) is 3.34. The summed E-state index contributed by atoms with van der Waals surface area (Å²) >= 11 is 5.83. The molecule has 2 aromatic rings. The Kier molecular flexibility index (Phi) is 3.62. The smallest absolute Gasteiger partial charge is 0.322 e. The van der Waals surface area contributed by atoms with Crippen molar-refractivity contribution in [2.75, 3.05) is 0 Å². The Hall–Kier alpha value is -2.33. The molecule has 1 N–H and O–H groups in total. The molecule has 3 rings (SSSR count). The van der Waals surface area contributed by atoms with Gasteiger partial charge in [0, 0.05) is 5.02 Å². The second-order valence-electron chi connectivity index (χ2n) is 4.84. The van der Waals surface area contributed by atoms with Crippen molar-refractivity contribution in [3.8, 4) is 0 Å². The minimum atomic E-state index is -0.606. The largest absolute Gasteiger partial charge is 0.325 e. The summed E-state index contributed by atoms with van der Waals surface area (Å²) in [6.45, 7) is 0.241. The number of hydrogen-bond donors (Lipinski definition) is 1. The van der Waals surface area contributed by atoms with E-state index in [4.69, 9.17) is 11.6 Å². The minimum Gasteiger partial charge on any atom is -0.322 e. The van der Waals surface area contributed by atoms with E-state index >= 15 is 0 Å². The molecule has 1 aliphatic rings. The number of benzene rings is 2. The average Bonchev–Trinajstić information content (AvgIpc) is 2.78. The van der Waals surface area contributed by atoms with Crippen molar-refractivity contribution < 1.29 is 9.59 Å². The fraction of sp³-hybridized carbons (Fsp3) is 0.125. The van der Waals surface area contributed by atoms with Crippen LogP contribution in [0.5, 0.6) is 0 Å². The molecule has 1 fully saturated rings. The first-order valence-corrected chi connectivity index (χ1v) is 6.94. The minimum absolute atomic E-state index is 0.235. The second-order valence-corrected chi connectivity index (χ2v) is 5.28. The van der Waals surface area contributed by atoms with Gasteiger partial charge in [-0.05, 0) is 23.3 Å². The van der Waals surface area contributed by atoms with Gasteiger partial charge in [0.25, 0.3) is 5.91 Å². The molecule has 3 amide bonds. The van der Waals surface area contributed by atoms with Crippen LogP contribution < -0.4 is 5.32 Å². The van der Waals surface area contributed by atoms with Gasteiger partial charge in [-0.25, -0.2) is 4.79 Å². The summed E-state index contributed by atoms with van der Waals surface area (Å²) in [7, 11) is 0. The molecule has 0 spiro atoms. The monoisotopic (exact) mass is 300 g/mol. The van der Waals surface area contributed by atoms with Crippen LogP contribution in [0.25, 0.3) is 0 Å². The molecule has 0 radical (unpaired) electrons. The third kappa shape index (κ3) is 2.76. The van der Waals surface area contributed by atoms with Crippen LogP contribution in [0, 0.1) is 0 Å². The van der Waals surface area contributed by atoms with Crippen LogP contribution in [-0.4, -0.2) is 16.8 Å². The van der Waals surface area contributed by atoms with Gasteiger partial charge < -0.3 is 5.32 Å². The van der Waals surface area contributed by atoms with Crippen LogP contribution in [0.15, 0.2) is 54.6 Å². The van der Waals surface area contributed by atoms with Gasteiger partial charge in [-0.15, -0.1) is 0 Å². The van der Waals surface area contributed by atoms with Crippen LogP contribution in [0.4, 0.5) is 4.79 Å². The molecular formula is C16H13ClN2O2. The zero-order valence-corrected chi connectivity index (χ0v) is 11.9. The number of halogens is 1. The third-order valence-corrected chi connectivity index (χ3v) is 3.66. The van der Waals surface area contributed by atoms with Crippen molar-refractivity contribution in [2.24, 2.45) is 0 Å². The molecule has 1 heterocycles. The highest BCUT2D eigenvalue weighted by Crippen LogP contribution is 2.23. The topological polar surface area (TPSA) is 49.4 Å². The number of hydrogen-bond acceptors (Lipinski definition) is 2. The standard InChI is InChI=1S/C16H13ClN2O2/c17-13-8-6-11(7-9-13)10-19-15(20)14(18-16(19)21)12-4-2-1-3-5-12/h1-9,14H,10H2,(H,18,21). The highest BCUT2D eigenvalue weighted by Gasteiger charge is 2.38. The number of imide groups is 1. The number of nitrogens with zero attached hydrogens (tertiary/aromatic N) is 1. The average molecular weight is 301 g/mol. The maximum Gasteiger partial charge on any atom is 0.325 e. The van der Waals surface area contributed by atoms with E-state index < -0.39 is 6.04 Å². The van der Waals surface area contributed by atoms with Gasteiger partial charge in [0.2, 0.25) is 0 Å². The predicted octanol–water partition coefficient (Wildman–Crippen LogP) is 3.13. The van der Waals surface area contributed by atoms with Crippen molar-refractivity contribution in [2.45, 2.75) is 12.6 Å². The lowest BCUT2D eigenvalue weighted by Crippen LogP contribution is -2.30. The highest BCUT2D eigenvalue weighted by molar-refractivity contribution is 6.30. The number of amides is 3. The molecule has 106 valence electrons. The Morgan fingerprint density at radius 1 is 1.00 bits per heavy atom. The summed E-state index contributed by atoms with van der Waals surface area (Å²) in [6, 6.07) is 15.3. The number of nitrogens with one attached hydrogen (secondary N) is 1. The summed E-state index contributed by atoms with van der Waals surface area (Å²) in [4.78, 5) is 25.6. The lowest BCUT2D eigenvalue weighted by Gasteiger charge is -2.13. The Labute approximate surface area is 127 Å². The molecule has 1 unspecified atom stereocenters. The van der Waals surface area contributed by atoms with E-state index in [0.29, 0.717) is 5.02 Å². The number of carbonyl (C=O) groups is 2. The fourth-order valence-electron chi connectivity index (χ4n) is 2.31. The summed E-state index contributed by atoms with van der Waals surface area (Å²) in [5.74, 6) is -0.235. The van der Waals surface area contributed by atoms with Gasteiger partial charge in [0.05, 0.1) is 6.54 Å². The molecule has 0 aromatic heterocycles. The van der Waals surface area contributed by atoms with Crippen LogP contribution in [0.1, 0.15) is 17.2 Å². The first kappa shape index (κ1) is 13.6. The molecule has 4 nitrogen and oxygen atoms in total. The summed E-state index contributed by atoms with van der Waals surface area (Å²) in [5.41, 5.74) is 1.64. The van der Waals surface area contributed by atoms with E-state index in [1.165, 1.54) is 4.90 Å². The lowest BCUT2D eigenvalue weighted by atomic mass is 10.1. The maximum absolute atomic E-state index is 12.4. The van der Waals surface area contributed by atoms with E-state index in [1.54, 1.807) is 24.3 Å². The van der Waals surface area contributed by atoms with Crippen molar-refractivity contribution in [1.82, 2.24) is 10.2 Å². The fourth-order valence-corrected chi connectivity index (χ4v) is 2.44.